The molecule has 7 nitrogen and oxygen atoms in total. The van der Waals surface area contributed by atoms with Crippen LogP contribution < -0.4 is 16.4 Å². The highest BCUT2D eigenvalue weighted by atomic mass is 16.3. The lowest BCUT2D eigenvalue weighted by molar-refractivity contribution is 0.100. The highest BCUT2D eigenvalue weighted by Gasteiger charge is 2.28. The Hall–Kier alpha value is -1.89. The second kappa shape index (κ2) is 6.48. The zero-order valence-corrected chi connectivity index (χ0v) is 13.4. The summed E-state index contributed by atoms with van der Waals surface area (Å²) < 4.78 is 0. The van der Waals surface area contributed by atoms with Crippen LogP contribution in [-0.4, -0.2) is 39.2 Å². The van der Waals surface area contributed by atoms with Crippen molar-refractivity contribution in [2.75, 3.05) is 17.2 Å². The summed E-state index contributed by atoms with van der Waals surface area (Å²) >= 11 is 0. The van der Waals surface area contributed by atoms with E-state index in [9.17, 15) is 9.90 Å². The molecule has 1 amide bonds. The van der Waals surface area contributed by atoms with Gasteiger partial charge in [-0.15, -0.1) is 0 Å². The van der Waals surface area contributed by atoms with E-state index in [1.54, 1.807) is 0 Å². The quantitative estimate of drug-likeness (QED) is 0.653. The van der Waals surface area contributed by atoms with Crippen molar-refractivity contribution < 1.29 is 9.90 Å². The number of nitrogens with two attached hydrogens (primary N) is 1. The number of hydrogen-bond donors (Lipinski definition) is 4. The molecule has 1 aliphatic rings. The minimum Gasteiger partial charge on any atom is -0.396 e. The highest BCUT2D eigenvalue weighted by Crippen LogP contribution is 2.29. The van der Waals surface area contributed by atoms with Gasteiger partial charge < -0.3 is 21.5 Å². The van der Waals surface area contributed by atoms with Crippen molar-refractivity contribution >= 4 is 17.7 Å². The third kappa shape index (κ3) is 4.07. The molecule has 0 radical (unpaired) electrons. The van der Waals surface area contributed by atoms with Crippen molar-refractivity contribution in [3.63, 3.8) is 0 Å². The summed E-state index contributed by atoms with van der Waals surface area (Å²) in [5.41, 5.74) is 5.48. The average Bonchev–Trinajstić information content (AvgIpc) is 2.84. The van der Waals surface area contributed by atoms with E-state index >= 15 is 0 Å². The normalized spacial score (nSPS) is 21.6. The van der Waals surface area contributed by atoms with E-state index in [-0.39, 0.29) is 29.7 Å². The van der Waals surface area contributed by atoms with E-state index in [4.69, 9.17) is 5.73 Å². The maximum atomic E-state index is 11.6. The number of nitrogens with zero attached hydrogens (tertiary/aromatic N) is 2. The van der Waals surface area contributed by atoms with Crippen molar-refractivity contribution in [1.29, 1.82) is 0 Å². The van der Waals surface area contributed by atoms with Gasteiger partial charge in [-0.25, -0.2) is 4.98 Å². The van der Waals surface area contributed by atoms with Gasteiger partial charge in [0.05, 0.1) is 5.56 Å². The molecule has 0 spiro atoms. The zero-order valence-electron chi connectivity index (χ0n) is 13.4. The molecule has 2 rings (SSSR count). The minimum atomic E-state index is -0.566. The molecular weight excluding hydrogens is 282 g/mol. The summed E-state index contributed by atoms with van der Waals surface area (Å²) in [4.78, 5) is 20.1. The van der Waals surface area contributed by atoms with E-state index in [0.717, 1.165) is 19.3 Å². The molecule has 1 aromatic rings. The van der Waals surface area contributed by atoms with Gasteiger partial charge in [-0.2, -0.15) is 4.98 Å². The van der Waals surface area contributed by atoms with Gasteiger partial charge in [-0.3, -0.25) is 4.79 Å². The Balaban J connectivity index is 2.26. The number of nitrogens with one attached hydrogen (secondary N) is 2. The van der Waals surface area contributed by atoms with E-state index in [0.29, 0.717) is 11.8 Å². The number of aliphatic hydroxyl groups excluding tert-OH is 1. The van der Waals surface area contributed by atoms with Crippen LogP contribution in [0.15, 0.2) is 6.20 Å². The first kappa shape index (κ1) is 16.5. The summed E-state index contributed by atoms with van der Waals surface area (Å²) in [6.07, 6.45) is 4.40. The second-order valence-corrected chi connectivity index (χ2v) is 6.82. The van der Waals surface area contributed by atoms with Gasteiger partial charge in [0.25, 0.3) is 5.91 Å². The molecule has 1 aliphatic carbocycles. The summed E-state index contributed by atoms with van der Waals surface area (Å²) in [6.45, 7) is 6.14. The Bertz CT molecular complexity index is 541. The monoisotopic (exact) mass is 307 g/mol. The topological polar surface area (TPSA) is 113 Å². The predicted octanol–water partition coefficient (Wildman–Crippen LogP) is 1.36. The van der Waals surface area contributed by atoms with Crippen LogP contribution in [-0.2, 0) is 0 Å². The summed E-state index contributed by atoms with van der Waals surface area (Å²) in [5, 5.41) is 15.9. The first-order valence-corrected chi connectivity index (χ1v) is 7.62. The van der Waals surface area contributed by atoms with Crippen LogP contribution in [0.3, 0.4) is 0 Å². The van der Waals surface area contributed by atoms with Crippen LogP contribution in [0.25, 0.3) is 0 Å². The molecule has 5 N–H and O–H groups in total. The third-order valence-electron chi connectivity index (χ3n) is 3.76. The first-order valence-electron chi connectivity index (χ1n) is 7.62. The molecule has 1 heterocycles. The smallest absolute Gasteiger partial charge is 0.254 e. The number of rotatable bonds is 5. The molecule has 0 bridgehead atoms. The first-order chi connectivity index (χ1) is 10.3. The van der Waals surface area contributed by atoms with Gasteiger partial charge in [0.2, 0.25) is 5.95 Å². The van der Waals surface area contributed by atoms with Crippen LogP contribution in [0.1, 0.15) is 50.4 Å². The Labute approximate surface area is 130 Å². The van der Waals surface area contributed by atoms with E-state index in [1.165, 1.54) is 6.20 Å². The van der Waals surface area contributed by atoms with Gasteiger partial charge in [-0.1, -0.05) is 6.42 Å². The molecular formula is C15H25N5O2. The number of hydrogen-bond acceptors (Lipinski definition) is 6. The number of carbonyl (C=O) groups is 1. The van der Waals surface area contributed by atoms with Gasteiger partial charge in [0, 0.05) is 30.3 Å². The van der Waals surface area contributed by atoms with E-state index in [2.05, 4.69) is 20.6 Å². The lowest BCUT2D eigenvalue weighted by Gasteiger charge is -2.23. The Morgan fingerprint density at radius 1 is 1.45 bits per heavy atom. The Morgan fingerprint density at radius 3 is 2.77 bits per heavy atom. The number of aliphatic hydroxyl groups is 1. The average molecular weight is 307 g/mol. The molecule has 2 atom stereocenters. The Morgan fingerprint density at radius 2 is 2.18 bits per heavy atom. The fourth-order valence-electron chi connectivity index (χ4n) is 2.69. The largest absolute Gasteiger partial charge is 0.396 e. The standard InChI is InChI=1S/C15H25N5O2/c1-15(2,3)20-14-17-7-10(12(16)22)13(19-14)18-11-6-4-5-9(11)8-21/h7,9,11,21H,4-6,8H2,1-3H3,(H2,16,22)(H2,17,18,19,20)/t9-,11-/m1/s1. The van der Waals surface area contributed by atoms with E-state index < -0.39 is 5.91 Å². The molecule has 22 heavy (non-hydrogen) atoms. The fourth-order valence-corrected chi connectivity index (χ4v) is 2.69. The van der Waals surface area contributed by atoms with Gasteiger partial charge in [-0.05, 0) is 33.6 Å². The number of carbonyl (C=O) groups excluding carboxylic acids is 1. The van der Waals surface area contributed by atoms with Crippen LogP contribution in [0.2, 0.25) is 0 Å². The molecule has 7 heteroatoms. The Kier molecular flexibility index (Phi) is 4.85. The molecule has 1 aromatic heterocycles. The van der Waals surface area contributed by atoms with Gasteiger partial charge in [0.15, 0.2) is 0 Å². The highest BCUT2D eigenvalue weighted by molar-refractivity contribution is 5.97. The molecule has 0 aromatic carbocycles. The summed E-state index contributed by atoms with van der Waals surface area (Å²) in [7, 11) is 0. The molecule has 0 unspecified atom stereocenters. The van der Waals surface area contributed by atoms with E-state index in [1.807, 2.05) is 20.8 Å². The maximum absolute atomic E-state index is 11.6. The molecule has 1 saturated carbocycles. The predicted molar refractivity (Wildman–Crippen MR) is 85.8 cm³/mol. The fraction of sp³-hybridized carbons (Fsp3) is 0.667. The SMILES string of the molecule is CC(C)(C)Nc1ncc(C(N)=O)c(N[C@@H]2CCC[C@@H]2CO)n1. The van der Waals surface area contributed by atoms with Gasteiger partial charge >= 0.3 is 0 Å². The van der Waals surface area contributed by atoms with Crippen molar-refractivity contribution in [1.82, 2.24) is 9.97 Å². The minimum absolute atomic E-state index is 0.0977. The second-order valence-electron chi connectivity index (χ2n) is 6.82. The van der Waals surface area contributed by atoms with Crippen LogP contribution in [0, 0.1) is 5.92 Å². The van der Waals surface area contributed by atoms with Crippen LogP contribution in [0.4, 0.5) is 11.8 Å². The molecule has 122 valence electrons. The molecule has 1 fully saturated rings. The number of anilines is 2. The summed E-state index contributed by atoms with van der Waals surface area (Å²) in [6, 6.07) is 0.0977. The van der Waals surface area contributed by atoms with Crippen molar-refractivity contribution in [2.24, 2.45) is 11.7 Å². The zero-order chi connectivity index (χ0) is 16.3. The number of amides is 1. The lowest BCUT2D eigenvalue weighted by Crippen LogP contribution is -2.30. The van der Waals surface area contributed by atoms with Crippen molar-refractivity contribution in [2.45, 2.75) is 51.6 Å². The van der Waals surface area contributed by atoms with Crippen LogP contribution >= 0.6 is 0 Å². The van der Waals surface area contributed by atoms with Crippen LogP contribution in [0.5, 0.6) is 0 Å². The lowest BCUT2D eigenvalue weighted by atomic mass is 10.0. The summed E-state index contributed by atoms with van der Waals surface area (Å²) in [5.74, 6) is 0.483. The van der Waals surface area contributed by atoms with Gasteiger partial charge in [0.1, 0.15) is 5.82 Å². The number of aromatic nitrogens is 2. The number of primary amides is 1. The molecule has 0 aliphatic heterocycles. The molecule has 0 saturated heterocycles. The van der Waals surface area contributed by atoms with Crippen molar-refractivity contribution in [3.8, 4) is 0 Å². The van der Waals surface area contributed by atoms with Crippen molar-refractivity contribution in [3.05, 3.63) is 11.8 Å². The maximum Gasteiger partial charge on any atom is 0.254 e. The third-order valence-corrected chi connectivity index (χ3v) is 3.76.